The molecule has 0 unspecified atom stereocenters. The van der Waals surface area contributed by atoms with Gasteiger partial charge in [0.25, 0.3) is 0 Å². The van der Waals surface area contributed by atoms with Gasteiger partial charge in [0.2, 0.25) is 0 Å². The number of benzene rings is 3. The summed E-state index contributed by atoms with van der Waals surface area (Å²) in [7, 11) is 0. The van der Waals surface area contributed by atoms with Gasteiger partial charge >= 0.3 is 5.97 Å². The van der Waals surface area contributed by atoms with Crippen LogP contribution >= 0.6 is 0 Å². The van der Waals surface area contributed by atoms with E-state index in [1.807, 2.05) is 6.07 Å². The Hall–Kier alpha value is -3.17. The normalized spacial score (nSPS) is 15.6. The summed E-state index contributed by atoms with van der Waals surface area (Å²) in [5.41, 5.74) is 5.45. The molecular formula is C28H29NO2. The number of esters is 1. The number of hydrogen-bond donors (Lipinski definition) is 1. The summed E-state index contributed by atoms with van der Waals surface area (Å²) < 4.78 is 5.67. The van der Waals surface area contributed by atoms with Crippen LogP contribution in [0.4, 0.5) is 0 Å². The SMILES string of the molecule is C=C[C@@H](OC(C)=O)[C@@H](NC1(c2ccccc2)c2ccccc2-c2ccccc21)C(C)C. The van der Waals surface area contributed by atoms with Crippen LogP contribution in [-0.4, -0.2) is 18.1 Å². The molecular weight excluding hydrogens is 382 g/mol. The number of fused-ring (bicyclic) bond motifs is 3. The van der Waals surface area contributed by atoms with E-state index >= 15 is 0 Å². The van der Waals surface area contributed by atoms with Gasteiger partial charge in [-0.15, -0.1) is 0 Å². The molecule has 0 saturated heterocycles. The monoisotopic (exact) mass is 411 g/mol. The van der Waals surface area contributed by atoms with E-state index < -0.39 is 11.6 Å². The van der Waals surface area contributed by atoms with E-state index in [1.54, 1.807) is 6.08 Å². The third-order valence-corrected chi connectivity index (χ3v) is 6.15. The first-order valence-electron chi connectivity index (χ1n) is 10.8. The molecule has 0 bridgehead atoms. The van der Waals surface area contributed by atoms with E-state index in [9.17, 15) is 4.79 Å². The van der Waals surface area contributed by atoms with Crippen molar-refractivity contribution in [1.29, 1.82) is 0 Å². The van der Waals surface area contributed by atoms with Gasteiger partial charge < -0.3 is 4.74 Å². The van der Waals surface area contributed by atoms with Gasteiger partial charge in [-0.1, -0.05) is 99.3 Å². The Balaban J connectivity index is 1.96. The van der Waals surface area contributed by atoms with Crippen molar-refractivity contribution in [1.82, 2.24) is 5.32 Å². The number of ether oxygens (including phenoxy) is 1. The van der Waals surface area contributed by atoms with Gasteiger partial charge in [-0.2, -0.15) is 0 Å². The molecule has 4 rings (SSSR count). The van der Waals surface area contributed by atoms with Crippen LogP contribution in [0.3, 0.4) is 0 Å². The molecule has 3 aromatic carbocycles. The highest BCUT2D eigenvalue weighted by molar-refractivity contribution is 5.83. The van der Waals surface area contributed by atoms with Crippen molar-refractivity contribution in [2.24, 2.45) is 5.92 Å². The molecule has 158 valence electrons. The molecule has 0 aliphatic heterocycles. The molecule has 1 aliphatic rings. The van der Waals surface area contributed by atoms with Gasteiger partial charge in [-0.3, -0.25) is 10.1 Å². The van der Waals surface area contributed by atoms with E-state index in [4.69, 9.17) is 4.74 Å². The standard InChI is InChI=1S/C28H29NO2/c1-5-26(31-20(4)30)27(19(2)3)29-28(21-13-7-6-8-14-21)24-17-11-9-15-22(24)23-16-10-12-18-25(23)28/h5-19,26-27,29H,1H2,2-4H3/t26-,27+/m1/s1. The zero-order valence-electron chi connectivity index (χ0n) is 18.3. The second kappa shape index (κ2) is 8.52. The Morgan fingerprint density at radius 3 is 1.90 bits per heavy atom. The van der Waals surface area contributed by atoms with Crippen molar-refractivity contribution in [2.45, 2.75) is 38.5 Å². The minimum atomic E-state index is -0.565. The maximum atomic E-state index is 11.8. The van der Waals surface area contributed by atoms with Crippen molar-refractivity contribution in [2.75, 3.05) is 0 Å². The van der Waals surface area contributed by atoms with Crippen molar-refractivity contribution >= 4 is 5.97 Å². The van der Waals surface area contributed by atoms with Crippen LogP contribution in [0.2, 0.25) is 0 Å². The smallest absolute Gasteiger partial charge is 0.303 e. The van der Waals surface area contributed by atoms with Crippen LogP contribution < -0.4 is 5.32 Å². The fourth-order valence-corrected chi connectivity index (χ4v) is 4.81. The van der Waals surface area contributed by atoms with Crippen LogP contribution in [0.25, 0.3) is 11.1 Å². The molecule has 1 N–H and O–H groups in total. The van der Waals surface area contributed by atoms with E-state index in [0.717, 1.165) is 5.56 Å². The molecule has 1 aliphatic carbocycles. The molecule has 0 saturated carbocycles. The molecule has 0 spiro atoms. The average Bonchev–Trinajstić information content (AvgIpc) is 3.07. The van der Waals surface area contributed by atoms with Crippen LogP contribution in [0.5, 0.6) is 0 Å². The molecule has 0 fully saturated rings. The van der Waals surface area contributed by atoms with Gasteiger partial charge in [0, 0.05) is 6.92 Å². The van der Waals surface area contributed by atoms with Crippen molar-refractivity contribution in [3.63, 3.8) is 0 Å². The largest absolute Gasteiger partial charge is 0.457 e. The van der Waals surface area contributed by atoms with Gasteiger partial charge in [0.1, 0.15) is 6.10 Å². The summed E-state index contributed by atoms with van der Waals surface area (Å²) in [5.74, 6) is -0.110. The Bertz CT molecular complexity index is 1040. The van der Waals surface area contributed by atoms with Gasteiger partial charge in [-0.05, 0) is 39.8 Å². The molecule has 31 heavy (non-hydrogen) atoms. The molecule has 3 nitrogen and oxygen atoms in total. The number of carbonyl (C=O) groups is 1. The second-order valence-corrected chi connectivity index (χ2v) is 8.43. The van der Waals surface area contributed by atoms with E-state index in [2.05, 4.69) is 98.5 Å². The molecule has 0 heterocycles. The van der Waals surface area contributed by atoms with Crippen LogP contribution in [0.1, 0.15) is 37.5 Å². The average molecular weight is 412 g/mol. The zero-order valence-corrected chi connectivity index (χ0v) is 18.3. The third kappa shape index (κ3) is 3.60. The van der Waals surface area contributed by atoms with Crippen LogP contribution in [0.15, 0.2) is 91.5 Å². The molecule has 0 radical (unpaired) electrons. The van der Waals surface area contributed by atoms with Gasteiger partial charge in [0.15, 0.2) is 0 Å². The van der Waals surface area contributed by atoms with Crippen molar-refractivity contribution in [3.05, 3.63) is 108 Å². The number of nitrogens with one attached hydrogen (secondary N) is 1. The molecule has 2 atom stereocenters. The predicted octanol–water partition coefficient (Wildman–Crippen LogP) is 5.69. The fourth-order valence-electron chi connectivity index (χ4n) is 4.81. The van der Waals surface area contributed by atoms with E-state index in [1.165, 1.54) is 29.2 Å². The topological polar surface area (TPSA) is 38.3 Å². The lowest BCUT2D eigenvalue weighted by Gasteiger charge is -2.41. The van der Waals surface area contributed by atoms with Gasteiger partial charge in [0.05, 0.1) is 11.6 Å². The lowest BCUT2D eigenvalue weighted by atomic mass is 9.78. The molecule has 0 aromatic heterocycles. The Labute approximate surface area is 184 Å². The summed E-state index contributed by atoms with van der Waals surface area (Å²) in [6, 6.07) is 27.5. The highest BCUT2D eigenvalue weighted by atomic mass is 16.5. The summed E-state index contributed by atoms with van der Waals surface area (Å²) in [5, 5.41) is 3.97. The number of hydrogen-bond acceptors (Lipinski definition) is 3. The lowest BCUT2D eigenvalue weighted by Crippen LogP contribution is -2.55. The predicted molar refractivity (Wildman–Crippen MR) is 126 cm³/mol. The molecule has 3 aromatic rings. The minimum Gasteiger partial charge on any atom is -0.457 e. The number of carbonyl (C=O) groups excluding carboxylic acids is 1. The maximum absolute atomic E-state index is 11.8. The lowest BCUT2D eigenvalue weighted by molar-refractivity contribution is -0.146. The van der Waals surface area contributed by atoms with Crippen molar-refractivity contribution < 1.29 is 9.53 Å². The van der Waals surface area contributed by atoms with E-state index in [0.29, 0.717) is 0 Å². The second-order valence-electron chi connectivity index (χ2n) is 8.43. The Morgan fingerprint density at radius 2 is 1.42 bits per heavy atom. The molecule has 0 amide bonds. The Morgan fingerprint density at radius 1 is 0.903 bits per heavy atom. The summed E-state index contributed by atoms with van der Waals surface area (Å²) >= 11 is 0. The van der Waals surface area contributed by atoms with Crippen LogP contribution in [0, 0.1) is 5.92 Å². The van der Waals surface area contributed by atoms with Gasteiger partial charge in [-0.25, -0.2) is 0 Å². The zero-order chi connectivity index (χ0) is 22.0. The first kappa shape index (κ1) is 21.1. The Kier molecular flexibility index (Phi) is 5.79. The van der Waals surface area contributed by atoms with Crippen molar-refractivity contribution in [3.8, 4) is 11.1 Å². The highest BCUT2D eigenvalue weighted by Crippen LogP contribution is 2.51. The number of rotatable bonds is 7. The minimum absolute atomic E-state index is 0.138. The first-order valence-corrected chi connectivity index (χ1v) is 10.8. The van der Waals surface area contributed by atoms with E-state index in [-0.39, 0.29) is 17.9 Å². The summed E-state index contributed by atoms with van der Waals surface area (Å²) in [6.07, 6.45) is 1.28. The van der Waals surface area contributed by atoms with Crippen LogP contribution in [-0.2, 0) is 15.1 Å². The first-order chi connectivity index (χ1) is 15.0. The maximum Gasteiger partial charge on any atom is 0.303 e. The highest BCUT2D eigenvalue weighted by Gasteiger charge is 2.47. The summed E-state index contributed by atoms with van der Waals surface area (Å²) in [6.45, 7) is 9.69. The quantitative estimate of drug-likeness (QED) is 0.401. The summed E-state index contributed by atoms with van der Waals surface area (Å²) in [4.78, 5) is 11.8. The third-order valence-electron chi connectivity index (χ3n) is 6.15. The molecule has 3 heteroatoms. The fraction of sp³-hybridized carbons (Fsp3) is 0.250.